The first kappa shape index (κ1) is 35.9. The van der Waals surface area contributed by atoms with E-state index in [0.29, 0.717) is 65.6 Å². The number of carbonyl (C=O) groups is 2. The third kappa shape index (κ3) is 5.47. The van der Waals surface area contributed by atoms with E-state index in [1.165, 1.54) is 68.1 Å². The van der Waals surface area contributed by atoms with Crippen LogP contribution < -0.4 is 5.32 Å². The molecule has 1 heterocycles. The Morgan fingerprint density at radius 1 is 0.920 bits per heavy atom. The van der Waals surface area contributed by atoms with Crippen LogP contribution in [-0.2, 0) is 9.53 Å². The molecule has 5 aliphatic carbocycles. The highest BCUT2D eigenvalue weighted by Crippen LogP contribution is 2.77. The molecule has 6 nitrogen and oxygen atoms in total. The molecule has 1 aromatic rings. The quantitative estimate of drug-likeness (QED) is 0.211. The van der Waals surface area contributed by atoms with Crippen LogP contribution >= 0.6 is 0 Å². The summed E-state index contributed by atoms with van der Waals surface area (Å²) in [7, 11) is 0. The van der Waals surface area contributed by atoms with Gasteiger partial charge in [-0.05, 0) is 145 Å². The molecule has 7 rings (SSSR count). The SMILES string of the molecule is C=C(C)[C@@H]1CC[C@]2(CNCCC(=O)N3CCOCC3)CC[C@]3(C)[C@H](CC[C@@H]4[C@@]5(C)CC=C(c6ccc(C(=O)O)cc6)C(C)(C)[C@@H]5CC[C@]43C)[C@@H]12. The minimum Gasteiger partial charge on any atom is -0.478 e. The molecule has 0 spiro atoms. The Hall–Kier alpha value is -2.44. The lowest BCUT2D eigenvalue weighted by Crippen LogP contribution is -2.65. The van der Waals surface area contributed by atoms with Crippen molar-refractivity contribution in [2.45, 2.75) is 106 Å². The number of morpholine rings is 1. The highest BCUT2D eigenvalue weighted by molar-refractivity contribution is 5.88. The molecule has 1 aliphatic heterocycles. The van der Waals surface area contributed by atoms with Gasteiger partial charge in [0.15, 0.2) is 0 Å². The van der Waals surface area contributed by atoms with Crippen LogP contribution in [0.5, 0.6) is 0 Å². The maximum Gasteiger partial charge on any atom is 0.335 e. The number of ether oxygens (including phenoxy) is 1. The van der Waals surface area contributed by atoms with Gasteiger partial charge >= 0.3 is 5.97 Å². The standard InChI is InChI=1S/C44H64N2O4/c1-29(2)32-14-20-44(28-45-23-17-37(47)46-24-26-50-27-25-46)22-21-42(6)34(38(32)44)12-13-36-41(5)18-15-33(30-8-10-31(11-9-30)39(48)49)40(3,4)35(41)16-19-43(36,42)7/h8-11,15,32,34-36,38,45H,1,12-14,16-28H2,2-7H3,(H,48,49)/t32-,34+,35-,36+,38+,41-,42+,43+,44+/m0/s1. The number of aromatic carboxylic acids is 1. The first-order valence-electron chi connectivity index (χ1n) is 19.9. The summed E-state index contributed by atoms with van der Waals surface area (Å²) in [5.41, 5.74) is 5.45. The van der Waals surface area contributed by atoms with Crippen LogP contribution in [0.4, 0.5) is 0 Å². The van der Waals surface area contributed by atoms with Crippen molar-refractivity contribution >= 4 is 17.4 Å². The molecule has 0 bridgehead atoms. The van der Waals surface area contributed by atoms with Gasteiger partial charge in [-0.3, -0.25) is 4.79 Å². The van der Waals surface area contributed by atoms with E-state index in [2.05, 4.69) is 59.5 Å². The predicted octanol–water partition coefficient (Wildman–Crippen LogP) is 8.87. The maximum atomic E-state index is 12.9. The Morgan fingerprint density at radius 2 is 1.64 bits per heavy atom. The number of carboxylic acids is 1. The second-order valence-corrected chi connectivity index (χ2v) is 18.9. The second-order valence-electron chi connectivity index (χ2n) is 18.9. The van der Waals surface area contributed by atoms with Crippen molar-refractivity contribution in [2.24, 2.45) is 56.7 Å². The number of carboxylic acid groups (broad SMARTS) is 1. The molecule has 2 N–H and O–H groups in total. The van der Waals surface area contributed by atoms with Crippen molar-refractivity contribution in [1.29, 1.82) is 0 Å². The number of fused-ring (bicyclic) bond motifs is 7. The summed E-state index contributed by atoms with van der Waals surface area (Å²) in [6.45, 7) is 24.5. The first-order chi connectivity index (χ1) is 23.7. The van der Waals surface area contributed by atoms with Crippen LogP contribution in [0, 0.1) is 56.7 Å². The van der Waals surface area contributed by atoms with Gasteiger partial charge in [0.05, 0.1) is 18.8 Å². The minimum absolute atomic E-state index is 0.0177. The van der Waals surface area contributed by atoms with Gasteiger partial charge in [0.25, 0.3) is 0 Å². The lowest BCUT2D eigenvalue weighted by molar-refractivity contribution is -0.225. The molecule has 9 atom stereocenters. The lowest BCUT2D eigenvalue weighted by atomic mass is 9.32. The average Bonchev–Trinajstić information content (AvgIpc) is 3.47. The number of allylic oxidation sites excluding steroid dienone is 3. The monoisotopic (exact) mass is 684 g/mol. The molecule has 1 saturated heterocycles. The van der Waals surface area contributed by atoms with E-state index in [1.807, 2.05) is 17.0 Å². The maximum absolute atomic E-state index is 12.9. The number of hydrogen-bond donors (Lipinski definition) is 2. The van der Waals surface area contributed by atoms with Crippen LogP contribution in [0.25, 0.3) is 5.57 Å². The molecular weight excluding hydrogens is 620 g/mol. The van der Waals surface area contributed by atoms with E-state index >= 15 is 0 Å². The summed E-state index contributed by atoms with van der Waals surface area (Å²) < 4.78 is 5.46. The fourth-order valence-electron chi connectivity index (χ4n) is 14.0. The van der Waals surface area contributed by atoms with Gasteiger partial charge < -0.3 is 20.1 Å². The van der Waals surface area contributed by atoms with E-state index in [0.717, 1.165) is 32.6 Å². The summed E-state index contributed by atoms with van der Waals surface area (Å²) in [5.74, 6) is 2.63. The second kappa shape index (κ2) is 12.9. The summed E-state index contributed by atoms with van der Waals surface area (Å²) in [4.78, 5) is 26.4. The Bertz CT molecular complexity index is 1520. The smallest absolute Gasteiger partial charge is 0.335 e. The Balaban J connectivity index is 1.12. The summed E-state index contributed by atoms with van der Waals surface area (Å²) in [5, 5.41) is 13.3. The van der Waals surface area contributed by atoms with Crippen LogP contribution in [0.3, 0.4) is 0 Å². The van der Waals surface area contributed by atoms with Gasteiger partial charge in [0.2, 0.25) is 5.91 Å². The zero-order chi connectivity index (χ0) is 35.7. The van der Waals surface area contributed by atoms with Crippen LogP contribution in [0.15, 0.2) is 42.5 Å². The Kier molecular flexibility index (Phi) is 9.27. The largest absolute Gasteiger partial charge is 0.478 e. The summed E-state index contributed by atoms with van der Waals surface area (Å²) >= 11 is 0. The molecule has 0 unspecified atom stereocenters. The number of nitrogens with one attached hydrogen (secondary N) is 1. The topological polar surface area (TPSA) is 78.9 Å². The van der Waals surface area contributed by atoms with E-state index in [-0.39, 0.29) is 22.2 Å². The van der Waals surface area contributed by atoms with Crippen molar-refractivity contribution in [1.82, 2.24) is 10.2 Å². The number of nitrogens with zero attached hydrogens (tertiary/aromatic N) is 1. The molecule has 6 aliphatic rings. The van der Waals surface area contributed by atoms with Crippen molar-refractivity contribution < 1.29 is 19.4 Å². The fraction of sp³-hybridized carbons (Fsp3) is 0.727. The molecule has 0 aromatic heterocycles. The normalized spacial score (nSPS) is 40.5. The van der Waals surface area contributed by atoms with Gasteiger partial charge in [0, 0.05) is 32.6 Å². The number of hydrogen-bond acceptors (Lipinski definition) is 4. The molecule has 50 heavy (non-hydrogen) atoms. The molecule has 6 heteroatoms. The van der Waals surface area contributed by atoms with Gasteiger partial charge in [-0.1, -0.05) is 65.0 Å². The lowest BCUT2D eigenvalue weighted by Gasteiger charge is -2.72. The third-order valence-electron chi connectivity index (χ3n) is 16.6. The number of rotatable bonds is 8. The highest BCUT2D eigenvalue weighted by atomic mass is 16.5. The van der Waals surface area contributed by atoms with E-state index in [4.69, 9.17) is 4.74 Å². The van der Waals surface area contributed by atoms with Crippen LogP contribution in [0.2, 0.25) is 0 Å². The Morgan fingerprint density at radius 3 is 2.32 bits per heavy atom. The molecule has 5 fully saturated rings. The zero-order valence-electron chi connectivity index (χ0n) is 31.9. The van der Waals surface area contributed by atoms with E-state index in [1.54, 1.807) is 12.1 Å². The fourth-order valence-corrected chi connectivity index (χ4v) is 14.0. The number of benzene rings is 1. The number of amides is 1. The first-order valence-corrected chi connectivity index (χ1v) is 19.9. The summed E-state index contributed by atoms with van der Waals surface area (Å²) in [6.07, 6.45) is 14.5. The minimum atomic E-state index is -0.865. The van der Waals surface area contributed by atoms with Gasteiger partial charge in [0.1, 0.15) is 0 Å². The van der Waals surface area contributed by atoms with E-state index < -0.39 is 5.97 Å². The zero-order valence-corrected chi connectivity index (χ0v) is 31.9. The molecule has 274 valence electrons. The van der Waals surface area contributed by atoms with Gasteiger partial charge in [-0.2, -0.15) is 0 Å². The Labute approximate surface area is 301 Å². The van der Waals surface area contributed by atoms with Crippen molar-refractivity contribution in [3.63, 3.8) is 0 Å². The highest BCUT2D eigenvalue weighted by Gasteiger charge is 2.70. The van der Waals surface area contributed by atoms with Crippen molar-refractivity contribution in [3.05, 3.63) is 53.6 Å². The van der Waals surface area contributed by atoms with Crippen LogP contribution in [-0.4, -0.2) is 61.3 Å². The average molecular weight is 685 g/mol. The van der Waals surface area contributed by atoms with Crippen LogP contribution in [0.1, 0.15) is 122 Å². The van der Waals surface area contributed by atoms with E-state index in [9.17, 15) is 14.7 Å². The molecule has 0 radical (unpaired) electrons. The van der Waals surface area contributed by atoms with Crippen molar-refractivity contribution in [3.8, 4) is 0 Å². The molecule has 1 amide bonds. The van der Waals surface area contributed by atoms with Crippen molar-refractivity contribution in [2.75, 3.05) is 39.4 Å². The number of carbonyl (C=O) groups excluding carboxylic acids is 1. The van der Waals surface area contributed by atoms with Gasteiger partial charge in [-0.15, -0.1) is 0 Å². The summed E-state index contributed by atoms with van der Waals surface area (Å²) in [6, 6.07) is 7.61. The molecular formula is C44H64N2O4. The molecule has 4 saturated carbocycles. The predicted molar refractivity (Wildman–Crippen MR) is 201 cm³/mol. The van der Waals surface area contributed by atoms with Gasteiger partial charge in [-0.25, -0.2) is 4.79 Å². The molecule has 1 aromatic carbocycles. The third-order valence-corrected chi connectivity index (χ3v) is 16.6.